The van der Waals surface area contributed by atoms with Crippen molar-refractivity contribution in [2.75, 3.05) is 7.11 Å². The Morgan fingerprint density at radius 3 is 2.59 bits per heavy atom. The lowest BCUT2D eigenvalue weighted by atomic mass is 9.44. The van der Waals surface area contributed by atoms with E-state index in [1.54, 1.807) is 0 Å². The van der Waals surface area contributed by atoms with Crippen LogP contribution in [0.2, 0.25) is 0 Å². The van der Waals surface area contributed by atoms with Gasteiger partial charge in [-0.1, -0.05) is 33.6 Å². The lowest BCUT2D eigenvalue weighted by molar-refractivity contribution is -0.141. The number of primary amides is 1. The fourth-order valence-corrected chi connectivity index (χ4v) is 8.86. The van der Waals surface area contributed by atoms with Crippen molar-refractivity contribution in [2.45, 2.75) is 91.4 Å². The molecule has 0 aliphatic heterocycles. The Morgan fingerprint density at radius 2 is 1.88 bits per heavy atom. The number of ether oxygens (including phenoxy) is 1. The van der Waals surface area contributed by atoms with Crippen LogP contribution in [0.25, 0.3) is 0 Å². The van der Waals surface area contributed by atoms with Gasteiger partial charge in [-0.2, -0.15) is 5.10 Å². The minimum Gasteiger partial charge on any atom is -0.469 e. The van der Waals surface area contributed by atoms with E-state index in [4.69, 9.17) is 10.5 Å². The van der Waals surface area contributed by atoms with Crippen LogP contribution in [0.3, 0.4) is 0 Å². The Balaban J connectivity index is 1.61. The number of nitrogens with one attached hydrogen (secondary N) is 1. The molecule has 4 aliphatic rings. The zero-order valence-electron chi connectivity index (χ0n) is 20.5. The number of carbonyl (C=O) groups excluding carboxylic acids is 2. The van der Waals surface area contributed by atoms with Gasteiger partial charge in [0.05, 0.1) is 7.11 Å². The Kier molecular flexibility index (Phi) is 6.61. The number of hydrogen-bond acceptors (Lipinski definition) is 4. The highest BCUT2D eigenvalue weighted by Crippen LogP contribution is 2.67. The maximum absolute atomic E-state index is 11.7. The van der Waals surface area contributed by atoms with Crippen LogP contribution in [0.1, 0.15) is 91.4 Å². The molecule has 0 aromatic carbocycles. The molecule has 180 valence electrons. The molecule has 0 aromatic rings. The Hall–Kier alpha value is -1.59. The fraction of sp³-hybridized carbons (Fsp3) is 0.885. The van der Waals surface area contributed by atoms with E-state index in [2.05, 4.69) is 31.3 Å². The van der Waals surface area contributed by atoms with Crippen LogP contribution in [0.5, 0.6) is 0 Å². The quantitative estimate of drug-likeness (QED) is 0.446. The molecule has 6 heteroatoms. The molecule has 0 unspecified atom stereocenters. The van der Waals surface area contributed by atoms with Crippen LogP contribution in [-0.4, -0.2) is 24.8 Å². The SMILES string of the molecule is COC(=O)CC[C@H](C)[C@H]1CC[C@@H]2[C@H]3/C(=N\NC(N)=O)C[C@@H]4CCCC[C@]4(C)[C@@H]3CC[C@@]21C. The highest BCUT2D eigenvalue weighted by Gasteiger charge is 2.62. The first kappa shape index (κ1) is 23.6. The van der Waals surface area contributed by atoms with Gasteiger partial charge in [0, 0.05) is 18.1 Å². The van der Waals surface area contributed by atoms with Gasteiger partial charge in [-0.25, -0.2) is 10.2 Å². The molecule has 6 nitrogen and oxygen atoms in total. The van der Waals surface area contributed by atoms with Gasteiger partial charge in [0.1, 0.15) is 0 Å². The Bertz CT molecular complexity index is 767. The number of hydrazone groups is 1. The number of nitrogens with zero attached hydrogens (tertiary/aromatic N) is 1. The van der Waals surface area contributed by atoms with E-state index in [9.17, 15) is 9.59 Å². The molecule has 4 rings (SSSR count). The second-order valence-electron chi connectivity index (χ2n) is 11.8. The summed E-state index contributed by atoms with van der Waals surface area (Å²) in [7, 11) is 1.48. The summed E-state index contributed by atoms with van der Waals surface area (Å²) in [5, 5.41) is 4.65. The molecule has 32 heavy (non-hydrogen) atoms. The van der Waals surface area contributed by atoms with E-state index >= 15 is 0 Å². The number of methoxy groups -OCH3 is 1. The molecule has 0 heterocycles. The molecule has 3 N–H and O–H groups in total. The van der Waals surface area contributed by atoms with Crippen molar-refractivity contribution < 1.29 is 14.3 Å². The first-order chi connectivity index (χ1) is 15.2. The average Bonchev–Trinajstić information content (AvgIpc) is 3.12. The van der Waals surface area contributed by atoms with Crippen molar-refractivity contribution in [1.82, 2.24) is 5.43 Å². The molecule has 0 spiro atoms. The zero-order chi connectivity index (χ0) is 23.1. The number of fused-ring (bicyclic) bond motifs is 5. The summed E-state index contributed by atoms with van der Waals surface area (Å²) >= 11 is 0. The molecule has 0 radical (unpaired) electrons. The predicted octanol–water partition coefficient (Wildman–Crippen LogP) is 5.26. The normalized spacial score (nSPS) is 43.0. The molecule has 8 atom stereocenters. The summed E-state index contributed by atoms with van der Waals surface area (Å²) in [6, 6.07) is -0.565. The molecule has 0 saturated heterocycles. The largest absolute Gasteiger partial charge is 0.469 e. The van der Waals surface area contributed by atoms with Gasteiger partial charge < -0.3 is 10.5 Å². The average molecular weight is 446 g/mol. The maximum atomic E-state index is 11.7. The number of nitrogens with two attached hydrogens (primary N) is 1. The summed E-state index contributed by atoms with van der Waals surface area (Å²) in [5.41, 5.74) is 9.87. The molecular formula is C26H43N3O3. The van der Waals surface area contributed by atoms with Gasteiger partial charge in [0.15, 0.2) is 0 Å². The molecule has 4 fully saturated rings. The van der Waals surface area contributed by atoms with Gasteiger partial charge >= 0.3 is 12.0 Å². The smallest absolute Gasteiger partial charge is 0.332 e. The third-order valence-corrected chi connectivity index (χ3v) is 10.5. The summed E-state index contributed by atoms with van der Waals surface area (Å²) in [4.78, 5) is 23.2. The lowest BCUT2D eigenvalue weighted by Crippen LogP contribution is -2.56. The second-order valence-corrected chi connectivity index (χ2v) is 11.8. The topological polar surface area (TPSA) is 93.8 Å². The molecule has 4 aliphatic carbocycles. The van der Waals surface area contributed by atoms with Crippen LogP contribution < -0.4 is 11.2 Å². The standard InChI is InChI=1S/C26H43N3O3/c1-16(8-11-22(30)32-4)18-9-10-19-23-20(12-14-26(18,19)3)25(2)13-6-5-7-17(25)15-21(23)28-29-24(27)31/h16-20,23H,5-15H2,1-4H3,(H3,27,29,31)/b28-21-/t16-,17-,18+,19+,20+,23+,25-,26+/m0/s1. The van der Waals surface area contributed by atoms with Gasteiger partial charge in [-0.15, -0.1) is 0 Å². The maximum Gasteiger partial charge on any atom is 0.332 e. The van der Waals surface area contributed by atoms with E-state index in [1.807, 2.05) is 0 Å². The van der Waals surface area contributed by atoms with Crippen LogP contribution in [-0.2, 0) is 9.53 Å². The van der Waals surface area contributed by atoms with Crippen LogP contribution >= 0.6 is 0 Å². The molecule has 0 bridgehead atoms. The van der Waals surface area contributed by atoms with E-state index in [1.165, 1.54) is 64.2 Å². The molecule has 0 aromatic heterocycles. The number of hydrogen-bond donors (Lipinski definition) is 2. The fourth-order valence-electron chi connectivity index (χ4n) is 8.86. The second kappa shape index (κ2) is 8.98. The van der Waals surface area contributed by atoms with Crippen molar-refractivity contribution in [1.29, 1.82) is 0 Å². The van der Waals surface area contributed by atoms with Crippen molar-refractivity contribution >= 4 is 17.7 Å². The zero-order valence-corrected chi connectivity index (χ0v) is 20.5. The highest BCUT2D eigenvalue weighted by molar-refractivity contribution is 5.90. The van der Waals surface area contributed by atoms with Crippen LogP contribution in [0, 0.1) is 46.3 Å². The van der Waals surface area contributed by atoms with Gasteiger partial charge in [0.25, 0.3) is 0 Å². The third-order valence-electron chi connectivity index (χ3n) is 10.5. The summed E-state index contributed by atoms with van der Waals surface area (Å²) in [6.07, 6.45) is 12.7. The minimum absolute atomic E-state index is 0.101. The van der Waals surface area contributed by atoms with Gasteiger partial charge in [-0.05, 0) is 91.8 Å². The summed E-state index contributed by atoms with van der Waals surface area (Å²) in [6.45, 7) is 7.39. The van der Waals surface area contributed by atoms with Crippen LogP contribution in [0.4, 0.5) is 4.79 Å². The highest BCUT2D eigenvalue weighted by atomic mass is 16.5. The van der Waals surface area contributed by atoms with Crippen molar-refractivity contribution in [2.24, 2.45) is 57.2 Å². The number of carbonyl (C=O) groups is 2. The monoisotopic (exact) mass is 445 g/mol. The third kappa shape index (κ3) is 3.96. The number of rotatable bonds is 5. The van der Waals surface area contributed by atoms with E-state index in [0.29, 0.717) is 47.3 Å². The lowest BCUT2D eigenvalue weighted by Gasteiger charge is -2.61. The number of esters is 1. The molecule has 4 saturated carbocycles. The molecule has 2 amide bonds. The van der Waals surface area contributed by atoms with Crippen LogP contribution in [0.15, 0.2) is 5.10 Å². The van der Waals surface area contributed by atoms with E-state index < -0.39 is 6.03 Å². The molecular weight excluding hydrogens is 402 g/mol. The van der Waals surface area contributed by atoms with E-state index in [-0.39, 0.29) is 11.4 Å². The van der Waals surface area contributed by atoms with Crippen molar-refractivity contribution in [3.63, 3.8) is 0 Å². The number of amides is 2. The first-order valence-electron chi connectivity index (χ1n) is 12.9. The van der Waals surface area contributed by atoms with Gasteiger partial charge in [-0.3, -0.25) is 4.79 Å². The predicted molar refractivity (Wildman–Crippen MR) is 126 cm³/mol. The van der Waals surface area contributed by atoms with Crippen molar-refractivity contribution in [3.8, 4) is 0 Å². The Labute approximate surface area is 193 Å². The minimum atomic E-state index is -0.565. The first-order valence-corrected chi connectivity index (χ1v) is 12.9. The number of urea groups is 1. The van der Waals surface area contributed by atoms with E-state index in [0.717, 1.165) is 12.8 Å². The summed E-state index contributed by atoms with van der Waals surface area (Å²) < 4.78 is 4.89. The summed E-state index contributed by atoms with van der Waals surface area (Å²) in [5.74, 6) is 3.39. The van der Waals surface area contributed by atoms with Gasteiger partial charge in [0.2, 0.25) is 0 Å². The van der Waals surface area contributed by atoms with Crippen molar-refractivity contribution in [3.05, 3.63) is 0 Å². The Morgan fingerprint density at radius 1 is 1.12 bits per heavy atom.